The van der Waals surface area contributed by atoms with Gasteiger partial charge in [-0.2, -0.15) is 0 Å². The van der Waals surface area contributed by atoms with E-state index in [-0.39, 0.29) is 0 Å². The van der Waals surface area contributed by atoms with Crippen LogP contribution in [-0.4, -0.2) is 19.1 Å². The van der Waals surface area contributed by atoms with E-state index >= 15 is 0 Å². The van der Waals surface area contributed by atoms with Gasteiger partial charge in [0, 0.05) is 12.0 Å². The summed E-state index contributed by atoms with van der Waals surface area (Å²) in [5.41, 5.74) is 4.96. The van der Waals surface area contributed by atoms with Crippen molar-refractivity contribution in [2.24, 2.45) is 11.7 Å². The first-order valence-corrected chi connectivity index (χ1v) is 2.69. The van der Waals surface area contributed by atoms with Gasteiger partial charge in [0.15, 0.2) is 0 Å². The maximum absolute atomic E-state index is 11.6. The van der Waals surface area contributed by atoms with Crippen LogP contribution in [-0.2, 0) is 0 Å². The molecule has 0 aromatic rings. The Labute approximate surface area is 52.0 Å². The first-order chi connectivity index (χ1) is 4.09. The van der Waals surface area contributed by atoms with Gasteiger partial charge in [-0.3, -0.25) is 0 Å². The first-order valence-electron chi connectivity index (χ1n) is 2.69. The number of nitrogens with two attached hydrogens (primary N) is 1. The molecule has 0 spiro atoms. The van der Waals surface area contributed by atoms with Crippen LogP contribution in [0.3, 0.4) is 0 Å². The van der Waals surface area contributed by atoms with Crippen LogP contribution in [0.25, 0.3) is 0 Å². The normalized spacial score (nSPS) is 18.0. The molecule has 0 aliphatic heterocycles. The van der Waals surface area contributed by atoms with Crippen LogP contribution in [0.1, 0.15) is 6.92 Å². The second-order valence-electron chi connectivity index (χ2n) is 2.01. The Bertz CT molecular complexity index is 76.6. The zero-order valence-corrected chi connectivity index (χ0v) is 5.15. The van der Waals surface area contributed by atoms with Crippen LogP contribution < -0.4 is 5.73 Å². The second kappa shape index (κ2) is 3.71. The van der Waals surface area contributed by atoms with Crippen molar-refractivity contribution >= 4 is 0 Å². The zero-order chi connectivity index (χ0) is 7.44. The van der Waals surface area contributed by atoms with Gasteiger partial charge in [0.1, 0.15) is 6.67 Å². The van der Waals surface area contributed by atoms with E-state index in [0.717, 1.165) is 0 Å². The molecule has 0 heterocycles. The van der Waals surface area contributed by atoms with Crippen LogP contribution in [0, 0.1) is 5.92 Å². The lowest BCUT2D eigenvalue weighted by Gasteiger charge is -2.14. The average molecular weight is 141 g/mol. The standard InChI is InChI=1S/C5H10F3N/c1-3(5(7)8)4(9)2-6/h3-5H,2,9H2,1H3. The lowest BCUT2D eigenvalue weighted by molar-refractivity contribution is 0.0675. The van der Waals surface area contributed by atoms with Crippen molar-refractivity contribution in [1.82, 2.24) is 0 Å². The van der Waals surface area contributed by atoms with E-state index in [0.29, 0.717) is 0 Å². The summed E-state index contributed by atoms with van der Waals surface area (Å²) in [6.07, 6.45) is -2.52. The molecule has 0 fully saturated rings. The fourth-order valence-corrected chi connectivity index (χ4v) is 0.327. The second-order valence-corrected chi connectivity index (χ2v) is 2.01. The molecule has 0 amide bonds. The summed E-state index contributed by atoms with van der Waals surface area (Å²) in [6.45, 7) is 0.348. The lowest BCUT2D eigenvalue weighted by Crippen LogP contribution is -2.34. The molecular weight excluding hydrogens is 131 g/mol. The van der Waals surface area contributed by atoms with E-state index in [1.165, 1.54) is 6.92 Å². The van der Waals surface area contributed by atoms with Gasteiger partial charge >= 0.3 is 0 Å². The van der Waals surface area contributed by atoms with Crippen molar-refractivity contribution in [3.63, 3.8) is 0 Å². The Morgan fingerprint density at radius 3 is 2.00 bits per heavy atom. The summed E-state index contributed by atoms with van der Waals surface area (Å²) >= 11 is 0. The first kappa shape index (κ1) is 8.75. The van der Waals surface area contributed by atoms with Gasteiger partial charge in [-0.1, -0.05) is 6.92 Å². The number of hydrogen-bond donors (Lipinski definition) is 1. The third-order valence-corrected chi connectivity index (χ3v) is 1.25. The van der Waals surface area contributed by atoms with E-state index in [2.05, 4.69) is 0 Å². The smallest absolute Gasteiger partial charge is 0.242 e. The molecule has 0 aliphatic carbocycles. The van der Waals surface area contributed by atoms with Gasteiger partial charge in [0.2, 0.25) is 6.43 Å². The van der Waals surface area contributed by atoms with E-state index in [9.17, 15) is 13.2 Å². The Morgan fingerprint density at radius 1 is 1.44 bits per heavy atom. The molecule has 0 bridgehead atoms. The van der Waals surface area contributed by atoms with Gasteiger partial charge in [-0.25, -0.2) is 13.2 Å². The van der Waals surface area contributed by atoms with Gasteiger partial charge in [0.05, 0.1) is 0 Å². The fourth-order valence-electron chi connectivity index (χ4n) is 0.327. The molecule has 0 aromatic carbocycles. The molecule has 0 saturated heterocycles. The highest BCUT2D eigenvalue weighted by Crippen LogP contribution is 2.11. The Balaban J connectivity index is 3.58. The quantitative estimate of drug-likeness (QED) is 0.627. The van der Waals surface area contributed by atoms with Crippen LogP contribution >= 0.6 is 0 Å². The molecule has 0 saturated carbocycles. The third kappa shape index (κ3) is 2.70. The largest absolute Gasteiger partial charge is 0.325 e. The molecule has 56 valence electrons. The minimum atomic E-state index is -2.52. The highest BCUT2D eigenvalue weighted by molar-refractivity contribution is 4.69. The highest BCUT2D eigenvalue weighted by Gasteiger charge is 2.21. The van der Waals surface area contributed by atoms with Gasteiger partial charge in [-0.05, 0) is 0 Å². The van der Waals surface area contributed by atoms with Gasteiger partial charge in [0.25, 0.3) is 0 Å². The molecule has 0 radical (unpaired) electrons. The highest BCUT2D eigenvalue weighted by atomic mass is 19.3. The van der Waals surface area contributed by atoms with Crippen molar-refractivity contribution in [2.75, 3.05) is 6.67 Å². The third-order valence-electron chi connectivity index (χ3n) is 1.25. The Morgan fingerprint density at radius 2 is 1.89 bits per heavy atom. The molecule has 2 N–H and O–H groups in total. The predicted octanol–water partition coefficient (Wildman–Crippen LogP) is 1.18. The van der Waals surface area contributed by atoms with Crippen LogP contribution in [0.5, 0.6) is 0 Å². The van der Waals surface area contributed by atoms with Crippen LogP contribution in [0.2, 0.25) is 0 Å². The predicted molar refractivity (Wildman–Crippen MR) is 29.1 cm³/mol. The average Bonchev–Trinajstić information content (AvgIpc) is 1.84. The number of hydrogen-bond acceptors (Lipinski definition) is 1. The Kier molecular flexibility index (Phi) is 3.61. The minimum Gasteiger partial charge on any atom is -0.325 e. The molecule has 2 unspecified atom stereocenters. The minimum absolute atomic E-state index is 0.883. The van der Waals surface area contributed by atoms with Gasteiger partial charge in [-0.15, -0.1) is 0 Å². The summed E-state index contributed by atoms with van der Waals surface area (Å²) in [5, 5.41) is 0. The molecule has 9 heavy (non-hydrogen) atoms. The van der Waals surface area contributed by atoms with Crippen LogP contribution in [0.15, 0.2) is 0 Å². The number of halogens is 3. The van der Waals surface area contributed by atoms with E-state index in [1.807, 2.05) is 0 Å². The molecule has 0 aromatic heterocycles. The fraction of sp³-hybridized carbons (Fsp3) is 1.00. The molecule has 2 atom stereocenters. The van der Waals surface area contributed by atoms with E-state index in [4.69, 9.17) is 5.73 Å². The molecule has 4 heteroatoms. The maximum atomic E-state index is 11.6. The van der Waals surface area contributed by atoms with E-state index < -0.39 is 25.1 Å². The van der Waals surface area contributed by atoms with Crippen molar-refractivity contribution < 1.29 is 13.2 Å². The lowest BCUT2D eigenvalue weighted by atomic mass is 10.1. The summed E-state index contributed by atoms with van der Waals surface area (Å²) in [7, 11) is 0. The van der Waals surface area contributed by atoms with Crippen molar-refractivity contribution in [3.8, 4) is 0 Å². The molecule has 1 nitrogen and oxygen atoms in total. The number of alkyl halides is 3. The molecule has 0 aliphatic rings. The summed E-state index contributed by atoms with van der Waals surface area (Å²) in [4.78, 5) is 0. The van der Waals surface area contributed by atoms with Crippen molar-refractivity contribution in [3.05, 3.63) is 0 Å². The topological polar surface area (TPSA) is 26.0 Å². The molecular formula is C5H10F3N. The monoisotopic (exact) mass is 141 g/mol. The SMILES string of the molecule is CC(C(F)F)C(N)CF. The maximum Gasteiger partial charge on any atom is 0.242 e. The summed E-state index contributed by atoms with van der Waals surface area (Å²) < 4.78 is 34.8. The summed E-state index contributed by atoms with van der Waals surface area (Å²) in [6, 6.07) is -1.02. The Hall–Kier alpha value is -0.250. The van der Waals surface area contributed by atoms with Crippen LogP contribution in [0.4, 0.5) is 13.2 Å². The van der Waals surface area contributed by atoms with Crippen molar-refractivity contribution in [2.45, 2.75) is 19.4 Å². The summed E-state index contributed by atoms with van der Waals surface area (Å²) in [5.74, 6) is -1.05. The number of rotatable bonds is 3. The zero-order valence-electron chi connectivity index (χ0n) is 5.15. The molecule has 0 rings (SSSR count). The van der Waals surface area contributed by atoms with E-state index in [1.54, 1.807) is 0 Å². The van der Waals surface area contributed by atoms with Gasteiger partial charge < -0.3 is 5.73 Å². The van der Waals surface area contributed by atoms with Crippen molar-refractivity contribution in [1.29, 1.82) is 0 Å².